The Kier molecular flexibility index (Phi) is 6.81. The van der Waals surface area contributed by atoms with Gasteiger partial charge in [0.25, 0.3) is 11.3 Å². The Labute approximate surface area is 216 Å². The van der Waals surface area contributed by atoms with Crippen molar-refractivity contribution in [2.45, 2.75) is 26.4 Å². The molecule has 13 heteroatoms. The van der Waals surface area contributed by atoms with Crippen molar-refractivity contribution in [2.24, 2.45) is 0 Å². The van der Waals surface area contributed by atoms with Gasteiger partial charge in [0.2, 0.25) is 0 Å². The van der Waals surface area contributed by atoms with Crippen LogP contribution in [0.1, 0.15) is 36.9 Å². The lowest BCUT2D eigenvalue weighted by Gasteiger charge is -2.25. The van der Waals surface area contributed by atoms with E-state index in [1.165, 1.54) is 48.2 Å². The molecule has 0 bridgehead atoms. The molecule has 0 spiro atoms. The second-order valence-corrected chi connectivity index (χ2v) is 8.97. The number of methoxy groups -OCH3 is 1. The van der Waals surface area contributed by atoms with Gasteiger partial charge in [0.05, 0.1) is 18.4 Å². The predicted molar refractivity (Wildman–Crippen MR) is 136 cm³/mol. The number of aromatic nitrogens is 4. The van der Waals surface area contributed by atoms with Crippen LogP contribution in [0.2, 0.25) is 0 Å². The second kappa shape index (κ2) is 10.0. The normalized spacial score (nSPS) is 11.1. The van der Waals surface area contributed by atoms with Crippen LogP contribution in [0.4, 0.5) is 22.0 Å². The molecule has 13 nitrogen and oxygen atoms in total. The van der Waals surface area contributed by atoms with Crippen LogP contribution in [0.15, 0.2) is 52.0 Å². The Balaban J connectivity index is 1.83. The molecule has 0 saturated heterocycles. The second-order valence-electron chi connectivity index (χ2n) is 8.97. The van der Waals surface area contributed by atoms with Crippen molar-refractivity contribution < 1.29 is 23.6 Å². The first-order valence-electron chi connectivity index (χ1n) is 11.2. The van der Waals surface area contributed by atoms with Gasteiger partial charge in [0.1, 0.15) is 28.7 Å². The molecule has 38 heavy (non-hydrogen) atoms. The molecular formula is C25H23N7O6. The number of amides is 1. The number of pyridine rings is 3. The largest absolute Gasteiger partial charge is 0.463 e. The maximum Gasteiger partial charge on any atom is 0.414 e. The van der Waals surface area contributed by atoms with E-state index in [1.807, 2.05) is 6.07 Å². The highest BCUT2D eigenvalue weighted by atomic mass is 16.6. The number of carbonyl (C=O) groups is 2. The number of hydrogen-bond acceptors (Lipinski definition) is 11. The first-order chi connectivity index (χ1) is 18.0. The van der Waals surface area contributed by atoms with E-state index in [1.54, 1.807) is 39.0 Å². The summed E-state index contributed by atoms with van der Waals surface area (Å²) in [5.41, 5.74) is -0.719. The Bertz CT molecular complexity index is 1640. The number of anilines is 3. The fourth-order valence-corrected chi connectivity index (χ4v) is 3.45. The number of rotatable bonds is 5. The van der Waals surface area contributed by atoms with Gasteiger partial charge in [-0.15, -0.1) is 0 Å². The topological polar surface area (TPSA) is 165 Å². The van der Waals surface area contributed by atoms with Crippen LogP contribution in [0.25, 0.3) is 16.9 Å². The van der Waals surface area contributed by atoms with Gasteiger partial charge in [0.15, 0.2) is 11.3 Å². The SMILES string of the molecule is COC(=O)c1onc2c(N(C)C(=O)OC(C)(C)C)cc(Nc3cccn(-c4ncccc4C#N)c3=O)nc12. The molecule has 4 heterocycles. The van der Waals surface area contributed by atoms with Crippen LogP contribution < -0.4 is 15.8 Å². The number of nitriles is 1. The van der Waals surface area contributed by atoms with Gasteiger partial charge >= 0.3 is 12.1 Å². The van der Waals surface area contributed by atoms with Crippen molar-refractivity contribution in [3.05, 3.63) is 64.4 Å². The summed E-state index contributed by atoms with van der Waals surface area (Å²) in [6.07, 6.45) is 2.25. The first kappa shape index (κ1) is 25.8. The Hall–Kier alpha value is -5.25. The zero-order valence-corrected chi connectivity index (χ0v) is 21.2. The minimum Gasteiger partial charge on any atom is -0.463 e. The van der Waals surface area contributed by atoms with Gasteiger partial charge in [-0.1, -0.05) is 5.16 Å². The smallest absolute Gasteiger partial charge is 0.414 e. The molecule has 1 amide bonds. The summed E-state index contributed by atoms with van der Waals surface area (Å²) in [7, 11) is 2.63. The average Bonchev–Trinajstić information content (AvgIpc) is 3.31. The fourth-order valence-electron chi connectivity index (χ4n) is 3.45. The molecule has 0 atom stereocenters. The highest BCUT2D eigenvalue weighted by Gasteiger charge is 2.27. The summed E-state index contributed by atoms with van der Waals surface area (Å²) in [5, 5.41) is 16.2. The Morgan fingerprint density at radius 3 is 2.66 bits per heavy atom. The van der Waals surface area contributed by atoms with Gasteiger partial charge in [-0.25, -0.2) is 19.6 Å². The minimum absolute atomic E-state index is 0.00000750. The highest BCUT2D eigenvalue weighted by molar-refractivity contribution is 6.06. The summed E-state index contributed by atoms with van der Waals surface area (Å²) >= 11 is 0. The van der Waals surface area contributed by atoms with Crippen LogP contribution in [-0.2, 0) is 9.47 Å². The van der Waals surface area contributed by atoms with Gasteiger partial charge in [-0.05, 0) is 45.0 Å². The third kappa shape index (κ3) is 5.00. The Morgan fingerprint density at radius 1 is 1.21 bits per heavy atom. The van der Waals surface area contributed by atoms with E-state index < -0.39 is 23.2 Å². The van der Waals surface area contributed by atoms with Crippen molar-refractivity contribution in [3.8, 4) is 11.9 Å². The van der Waals surface area contributed by atoms with Crippen LogP contribution in [0.5, 0.6) is 0 Å². The molecule has 0 radical (unpaired) electrons. The fraction of sp³-hybridized carbons (Fsp3) is 0.240. The molecule has 0 aromatic carbocycles. The van der Waals surface area contributed by atoms with E-state index in [-0.39, 0.29) is 45.4 Å². The molecule has 194 valence electrons. The van der Waals surface area contributed by atoms with Crippen molar-refractivity contribution in [2.75, 3.05) is 24.4 Å². The van der Waals surface area contributed by atoms with E-state index in [0.717, 1.165) is 0 Å². The van der Waals surface area contributed by atoms with Crippen LogP contribution in [0, 0.1) is 11.3 Å². The van der Waals surface area contributed by atoms with Crippen molar-refractivity contribution in [3.63, 3.8) is 0 Å². The molecular weight excluding hydrogens is 494 g/mol. The van der Waals surface area contributed by atoms with E-state index in [2.05, 4.69) is 20.4 Å². The van der Waals surface area contributed by atoms with Crippen LogP contribution >= 0.6 is 0 Å². The first-order valence-corrected chi connectivity index (χ1v) is 11.2. The van der Waals surface area contributed by atoms with Crippen molar-refractivity contribution in [1.82, 2.24) is 19.7 Å². The maximum atomic E-state index is 13.3. The summed E-state index contributed by atoms with van der Waals surface area (Å²) in [6, 6.07) is 9.69. The van der Waals surface area contributed by atoms with E-state index in [9.17, 15) is 19.6 Å². The zero-order valence-electron chi connectivity index (χ0n) is 21.2. The van der Waals surface area contributed by atoms with Crippen molar-refractivity contribution in [1.29, 1.82) is 5.26 Å². The molecule has 0 saturated carbocycles. The number of hydrogen-bond donors (Lipinski definition) is 1. The molecule has 4 aromatic rings. The van der Waals surface area contributed by atoms with Crippen LogP contribution in [0.3, 0.4) is 0 Å². The molecule has 0 aliphatic carbocycles. The summed E-state index contributed by atoms with van der Waals surface area (Å²) in [4.78, 5) is 48.1. The van der Waals surface area contributed by atoms with Crippen LogP contribution in [-0.4, -0.2) is 51.5 Å². The molecule has 0 fully saturated rings. The summed E-state index contributed by atoms with van der Waals surface area (Å²) < 4.78 is 16.6. The average molecular weight is 518 g/mol. The quantitative estimate of drug-likeness (QED) is 0.385. The van der Waals surface area contributed by atoms with Gasteiger partial charge in [-0.2, -0.15) is 5.26 Å². The minimum atomic E-state index is -0.829. The molecule has 0 aliphatic rings. The summed E-state index contributed by atoms with van der Waals surface area (Å²) in [6.45, 7) is 5.16. The summed E-state index contributed by atoms with van der Waals surface area (Å²) in [5.74, 6) is -0.871. The number of nitrogens with zero attached hydrogens (tertiary/aromatic N) is 6. The predicted octanol–water partition coefficient (Wildman–Crippen LogP) is 3.54. The number of fused-ring (bicyclic) bond motifs is 1. The van der Waals surface area contributed by atoms with Gasteiger partial charge < -0.3 is 19.3 Å². The number of nitrogens with one attached hydrogen (secondary N) is 1. The number of esters is 1. The van der Waals surface area contributed by atoms with Crippen molar-refractivity contribution >= 4 is 40.3 Å². The maximum absolute atomic E-state index is 13.3. The molecule has 4 rings (SSSR count). The van der Waals surface area contributed by atoms with Gasteiger partial charge in [-0.3, -0.25) is 14.3 Å². The van der Waals surface area contributed by atoms with Gasteiger partial charge in [0, 0.05) is 25.5 Å². The number of ether oxygens (including phenoxy) is 2. The highest BCUT2D eigenvalue weighted by Crippen LogP contribution is 2.31. The Morgan fingerprint density at radius 2 is 1.97 bits per heavy atom. The van der Waals surface area contributed by atoms with E-state index in [0.29, 0.717) is 0 Å². The third-order valence-electron chi connectivity index (χ3n) is 5.16. The molecule has 0 unspecified atom stereocenters. The van der Waals surface area contributed by atoms with E-state index >= 15 is 0 Å². The lowest BCUT2D eigenvalue weighted by molar-refractivity contribution is 0.0554. The molecule has 4 aromatic heterocycles. The molecule has 1 N–H and O–H groups in total. The van der Waals surface area contributed by atoms with E-state index in [4.69, 9.17) is 14.0 Å². The lowest BCUT2D eigenvalue weighted by atomic mass is 10.2. The third-order valence-corrected chi connectivity index (χ3v) is 5.16. The zero-order chi connectivity index (χ0) is 27.6. The monoisotopic (exact) mass is 517 g/mol. The standard InChI is InChI=1S/C25H23N7O6/c1-25(2,3)37-24(35)31(4)16-12-17(29-19-18(16)30-38-20(19)23(34)36-5)28-15-9-7-11-32(22(15)33)21-14(13-26)8-6-10-27-21/h6-12H,1-5H3,(H,28,29). The molecule has 0 aliphatic heterocycles. The lowest BCUT2D eigenvalue weighted by Crippen LogP contribution is -2.34. The number of carbonyl (C=O) groups excluding carboxylic acids is 2.